The molecule has 8 nitrogen and oxygen atoms in total. The Balaban J connectivity index is 1.24. The number of hydrogen-bond acceptors (Lipinski definition) is 6. The first kappa shape index (κ1) is 28.6. The van der Waals surface area contributed by atoms with E-state index in [0.717, 1.165) is 33.4 Å². The van der Waals surface area contributed by atoms with E-state index < -0.39 is 36.7 Å². The lowest BCUT2D eigenvalue weighted by Crippen LogP contribution is -2.54. The molecule has 0 bridgehead atoms. The summed E-state index contributed by atoms with van der Waals surface area (Å²) in [7, 11) is 0. The molecule has 3 N–H and O–H groups in total. The van der Waals surface area contributed by atoms with Gasteiger partial charge in [0.15, 0.2) is 6.04 Å². The maximum absolute atomic E-state index is 13.3. The summed E-state index contributed by atoms with van der Waals surface area (Å²) in [4.78, 5) is 39.0. The monoisotopic (exact) mass is 564 g/mol. The molecule has 8 heteroatoms. The normalized spacial score (nSPS) is 13.3. The average molecular weight is 565 g/mol. The van der Waals surface area contributed by atoms with Crippen molar-refractivity contribution >= 4 is 18.0 Å². The van der Waals surface area contributed by atoms with Gasteiger partial charge in [-0.1, -0.05) is 109 Å². The van der Waals surface area contributed by atoms with Crippen LogP contribution in [0.2, 0.25) is 0 Å². The fraction of sp³-hybridized carbons (Fsp3) is 0.206. The minimum Gasteiger partial charge on any atom is -0.459 e. The first-order valence-corrected chi connectivity index (χ1v) is 13.8. The minimum atomic E-state index is -1.30. The van der Waals surface area contributed by atoms with Crippen LogP contribution in [0.1, 0.15) is 28.2 Å². The maximum Gasteiger partial charge on any atom is 0.407 e. The van der Waals surface area contributed by atoms with Crippen molar-refractivity contribution in [1.82, 2.24) is 10.6 Å². The summed E-state index contributed by atoms with van der Waals surface area (Å²) in [5.74, 6) is -1.57. The second-order valence-electron chi connectivity index (χ2n) is 10.0. The lowest BCUT2D eigenvalue weighted by molar-refractivity contribution is -0.150. The molecule has 42 heavy (non-hydrogen) atoms. The zero-order chi connectivity index (χ0) is 29.3. The minimum absolute atomic E-state index is 0.00249. The highest BCUT2D eigenvalue weighted by atomic mass is 16.5. The standard InChI is InChI=1S/C34H32N2O6/c37-20-31(33(39)41-21-24-13-5-2-6-14-24)35-32(38)30(19-23-11-3-1-4-12-23)36-34(40)42-22-29-27-17-9-7-15-25(27)26-16-8-10-18-28(26)29/h1-18,29-31,37H,19-22H2,(H,35,38)(H,36,40)/t30-,31-/m0/s1. The summed E-state index contributed by atoms with van der Waals surface area (Å²) in [6.45, 7) is -0.579. The molecule has 0 saturated heterocycles. The van der Waals surface area contributed by atoms with E-state index in [0.29, 0.717) is 0 Å². The van der Waals surface area contributed by atoms with Crippen LogP contribution in [0.15, 0.2) is 109 Å². The summed E-state index contributed by atoms with van der Waals surface area (Å²) in [5.41, 5.74) is 5.93. The van der Waals surface area contributed by atoms with E-state index in [1.54, 1.807) is 12.1 Å². The van der Waals surface area contributed by atoms with Crippen LogP contribution in [-0.2, 0) is 32.1 Å². The molecule has 0 fully saturated rings. The summed E-state index contributed by atoms with van der Waals surface area (Å²) >= 11 is 0. The van der Waals surface area contributed by atoms with Crippen LogP contribution in [0, 0.1) is 0 Å². The lowest BCUT2D eigenvalue weighted by atomic mass is 9.98. The van der Waals surface area contributed by atoms with E-state index in [1.807, 2.05) is 84.9 Å². The van der Waals surface area contributed by atoms with Crippen molar-refractivity contribution in [2.75, 3.05) is 13.2 Å². The highest BCUT2D eigenvalue weighted by molar-refractivity contribution is 5.90. The molecule has 0 unspecified atom stereocenters. The molecule has 0 spiro atoms. The summed E-state index contributed by atoms with van der Waals surface area (Å²) in [6, 6.07) is 31.9. The van der Waals surface area contributed by atoms with Crippen LogP contribution >= 0.6 is 0 Å². The SMILES string of the molecule is O=C(N[C@@H](Cc1ccccc1)C(=O)N[C@@H](CO)C(=O)OCc1ccccc1)OCC1c2ccccc2-c2ccccc21. The summed E-state index contributed by atoms with van der Waals surface area (Å²) in [6.07, 6.45) is -0.617. The third kappa shape index (κ3) is 6.85. The highest BCUT2D eigenvalue weighted by Gasteiger charge is 2.31. The van der Waals surface area contributed by atoms with Crippen molar-refractivity contribution in [1.29, 1.82) is 0 Å². The fourth-order valence-electron chi connectivity index (χ4n) is 5.12. The Labute approximate surface area is 244 Å². The number of nitrogens with one attached hydrogen (secondary N) is 2. The molecule has 4 aromatic rings. The molecule has 1 aliphatic carbocycles. The van der Waals surface area contributed by atoms with E-state index in [1.165, 1.54) is 0 Å². The number of ether oxygens (including phenoxy) is 2. The number of rotatable bonds is 11. The molecule has 0 aromatic heterocycles. The van der Waals surface area contributed by atoms with Gasteiger partial charge in [-0.25, -0.2) is 9.59 Å². The Morgan fingerprint density at radius 1 is 0.667 bits per heavy atom. The Kier molecular flexibility index (Phi) is 9.26. The Morgan fingerprint density at radius 2 is 1.21 bits per heavy atom. The molecule has 1 aliphatic rings. The molecule has 214 valence electrons. The summed E-state index contributed by atoms with van der Waals surface area (Å²) < 4.78 is 10.9. The molecule has 0 saturated carbocycles. The van der Waals surface area contributed by atoms with Crippen molar-refractivity contribution in [2.45, 2.75) is 31.0 Å². The van der Waals surface area contributed by atoms with Gasteiger partial charge in [-0.15, -0.1) is 0 Å². The van der Waals surface area contributed by atoms with E-state index in [2.05, 4.69) is 22.8 Å². The lowest BCUT2D eigenvalue weighted by Gasteiger charge is -2.22. The first-order valence-electron chi connectivity index (χ1n) is 13.8. The number of fused-ring (bicyclic) bond motifs is 3. The van der Waals surface area contributed by atoms with Gasteiger partial charge in [-0.2, -0.15) is 0 Å². The van der Waals surface area contributed by atoms with Crippen LogP contribution in [0.3, 0.4) is 0 Å². The number of alkyl carbamates (subject to hydrolysis) is 1. The van der Waals surface area contributed by atoms with Crippen LogP contribution < -0.4 is 10.6 Å². The zero-order valence-corrected chi connectivity index (χ0v) is 22.9. The molecule has 0 radical (unpaired) electrons. The van der Waals surface area contributed by atoms with Crippen molar-refractivity contribution in [3.05, 3.63) is 131 Å². The second-order valence-corrected chi connectivity index (χ2v) is 10.0. The van der Waals surface area contributed by atoms with E-state index in [-0.39, 0.29) is 25.6 Å². The Morgan fingerprint density at radius 3 is 1.81 bits per heavy atom. The van der Waals surface area contributed by atoms with Crippen molar-refractivity contribution < 1.29 is 29.0 Å². The zero-order valence-electron chi connectivity index (χ0n) is 22.9. The average Bonchev–Trinajstić information content (AvgIpc) is 3.35. The third-order valence-electron chi connectivity index (χ3n) is 7.24. The smallest absolute Gasteiger partial charge is 0.407 e. The molecule has 0 heterocycles. The van der Waals surface area contributed by atoms with Crippen molar-refractivity contribution in [3.63, 3.8) is 0 Å². The van der Waals surface area contributed by atoms with Crippen molar-refractivity contribution in [3.8, 4) is 11.1 Å². The van der Waals surface area contributed by atoms with Gasteiger partial charge in [0.1, 0.15) is 19.3 Å². The predicted octanol–water partition coefficient (Wildman–Crippen LogP) is 4.36. The van der Waals surface area contributed by atoms with Crippen LogP contribution in [0.25, 0.3) is 11.1 Å². The highest BCUT2D eigenvalue weighted by Crippen LogP contribution is 2.44. The number of carbonyl (C=O) groups is 3. The molecule has 4 aromatic carbocycles. The quantitative estimate of drug-likeness (QED) is 0.233. The number of esters is 1. The third-order valence-corrected chi connectivity index (χ3v) is 7.24. The molecular weight excluding hydrogens is 532 g/mol. The Bertz CT molecular complexity index is 1480. The number of benzene rings is 4. The number of aliphatic hydroxyl groups is 1. The van der Waals surface area contributed by atoms with Crippen LogP contribution in [0.4, 0.5) is 4.79 Å². The molecule has 5 rings (SSSR count). The van der Waals surface area contributed by atoms with Gasteiger partial charge < -0.3 is 25.2 Å². The van der Waals surface area contributed by atoms with Gasteiger partial charge in [-0.3, -0.25) is 4.79 Å². The number of amides is 2. The van der Waals surface area contributed by atoms with Crippen LogP contribution in [0.5, 0.6) is 0 Å². The van der Waals surface area contributed by atoms with Crippen molar-refractivity contribution in [2.24, 2.45) is 0 Å². The topological polar surface area (TPSA) is 114 Å². The van der Waals surface area contributed by atoms with Gasteiger partial charge in [0.25, 0.3) is 0 Å². The van der Waals surface area contributed by atoms with Gasteiger partial charge in [0.2, 0.25) is 5.91 Å². The predicted molar refractivity (Wildman–Crippen MR) is 157 cm³/mol. The second kappa shape index (κ2) is 13.6. The van der Waals surface area contributed by atoms with Gasteiger partial charge >= 0.3 is 12.1 Å². The van der Waals surface area contributed by atoms with E-state index in [9.17, 15) is 19.5 Å². The van der Waals surface area contributed by atoms with E-state index in [4.69, 9.17) is 9.47 Å². The van der Waals surface area contributed by atoms with Crippen LogP contribution in [-0.4, -0.2) is 48.4 Å². The summed E-state index contributed by atoms with van der Waals surface area (Å²) in [5, 5.41) is 15.0. The fourth-order valence-corrected chi connectivity index (χ4v) is 5.12. The molecule has 2 amide bonds. The number of hydrogen-bond donors (Lipinski definition) is 3. The van der Waals surface area contributed by atoms with Gasteiger partial charge in [-0.05, 0) is 33.4 Å². The molecule has 2 atom stereocenters. The van der Waals surface area contributed by atoms with E-state index >= 15 is 0 Å². The maximum atomic E-state index is 13.3. The number of carbonyl (C=O) groups excluding carboxylic acids is 3. The Hall–Kier alpha value is -4.95. The van der Waals surface area contributed by atoms with Gasteiger partial charge in [0.05, 0.1) is 6.61 Å². The number of aliphatic hydroxyl groups excluding tert-OH is 1. The van der Waals surface area contributed by atoms with Gasteiger partial charge in [0, 0.05) is 12.3 Å². The first-order chi connectivity index (χ1) is 20.5. The molecular formula is C34H32N2O6. The molecule has 0 aliphatic heterocycles. The largest absolute Gasteiger partial charge is 0.459 e.